The predicted molar refractivity (Wildman–Crippen MR) is 111 cm³/mol. The highest BCUT2D eigenvalue weighted by molar-refractivity contribution is 6.05. The fourth-order valence-electron chi connectivity index (χ4n) is 2.63. The summed E-state index contributed by atoms with van der Waals surface area (Å²) in [5.74, 6) is 0.109. The molecular formula is C23H22N2O3. The van der Waals surface area contributed by atoms with Crippen molar-refractivity contribution in [3.63, 3.8) is 0 Å². The van der Waals surface area contributed by atoms with Crippen LogP contribution in [0.4, 0.5) is 11.4 Å². The van der Waals surface area contributed by atoms with Crippen LogP contribution in [-0.2, 0) is 11.2 Å². The molecular weight excluding hydrogens is 352 g/mol. The molecule has 3 aromatic rings. The quantitative estimate of drug-likeness (QED) is 0.639. The van der Waals surface area contributed by atoms with E-state index in [1.165, 1.54) is 5.56 Å². The number of amides is 2. The molecule has 0 saturated carbocycles. The molecule has 0 fully saturated rings. The van der Waals surface area contributed by atoms with Crippen molar-refractivity contribution in [1.82, 2.24) is 0 Å². The molecule has 5 heteroatoms. The third kappa shape index (κ3) is 5.45. The Morgan fingerprint density at radius 1 is 0.821 bits per heavy atom. The van der Waals surface area contributed by atoms with Gasteiger partial charge in [0, 0.05) is 16.9 Å². The third-order valence-electron chi connectivity index (χ3n) is 4.14. The Morgan fingerprint density at radius 3 is 2.25 bits per heavy atom. The van der Waals surface area contributed by atoms with Crippen molar-refractivity contribution in [2.45, 2.75) is 13.3 Å². The highest BCUT2D eigenvalue weighted by Crippen LogP contribution is 2.15. The molecule has 28 heavy (non-hydrogen) atoms. The van der Waals surface area contributed by atoms with Gasteiger partial charge in [-0.3, -0.25) is 9.59 Å². The van der Waals surface area contributed by atoms with Crippen LogP contribution in [-0.4, -0.2) is 18.4 Å². The highest BCUT2D eigenvalue weighted by Gasteiger charge is 2.09. The molecule has 0 saturated heterocycles. The van der Waals surface area contributed by atoms with Crippen LogP contribution in [0.2, 0.25) is 0 Å². The minimum absolute atomic E-state index is 0.105. The second kappa shape index (κ2) is 9.37. The number of benzene rings is 3. The standard InChI is InChI=1S/C23H22N2O3/c1-2-17-11-13-21(14-12-17)28-16-22(26)24-20-10-6-7-18(15-20)23(27)25-19-8-4-3-5-9-19/h3-15H,2,16H2,1H3,(H,24,26)(H,25,27). The molecule has 2 N–H and O–H groups in total. The monoisotopic (exact) mass is 374 g/mol. The Bertz CT molecular complexity index is 938. The molecule has 0 heterocycles. The Labute approximate surface area is 164 Å². The first kappa shape index (κ1) is 19.2. The van der Waals surface area contributed by atoms with Gasteiger partial charge in [-0.1, -0.05) is 43.3 Å². The lowest BCUT2D eigenvalue weighted by molar-refractivity contribution is -0.118. The molecule has 0 aliphatic carbocycles. The lowest BCUT2D eigenvalue weighted by Gasteiger charge is -2.10. The van der Waals surface area contributed by atoms with Gasteiger partial charge >= 0.3 is 0 Å². The minimum atomic E-state index is -0.291. The van der Waals surface area contributed by atoms with Crippen LogP contribution in [0.3, 0.4) is 0 Å². The van der Waals surface area contributed by atoms with Crippen molar-refractivity contribution >= 4 is 23.2 Å². The molecule has 5 nitrogen and oxygen atoms in total. The van der Waals surface area contributed by atoms with Crippen molar-refractivity contribution in [3.05, 3.63) is 90.0 Å². The van der Waals surface area contributed by atoms with E-state index in [4.69, 9.17) is 4.74 Å². The molecule has 0 atom stereocenters. The second-order valence-corrected chi connectivity index (χ2v) is 6.24. The summed E-state index contributed by atoms with van der Waals surface area (Å²) in [4.78, 5) is 24.5. The maximum atomic E-state index is 12.4. The first-order valence-electron chi connectivity index (χ1n) is 9.12. The molecule has 0 radical (unpaired) electrons. The summed E-state index contributed by atoms with van der Waals surface area (Å²) < 4.78 is 5.50. The molecule has 2 amide bonds. The number of rotatable bonds is 7. The van der Waals surface area contributed by atoms with Gasteiger partial charge in [-0.2, -0.15) is 0 Å². The summed E-state index contributed by atoms with van der Waals surface area (Å²) in [6, 6.07) is 23.6. The van der Waals surface area contributed by atoms with Crippen LogP contribution < -0.4 is 15.4 Å². The number of para-hydroxylation sites is 1. The molecule has 0 spiro atoms. The van der Waals surface area contributed by atoms with Crippen LogP contribution in [0.5, 0.6) is 5.75 Å². The van der Waals surface area contributed by atoms with Gasteiger partial charge in [0.1, 0.15) is 5.75 Å². The Balaban J connectivity index is 1.55. The average Bonchev–Trinajstić information content (AvgIpc) is 2.73. The SMILES string of the molecule is CCc1ccc(OCC(=O)Nc2cccc(C(=O)Nc3ccccc3)c2)cc1. The number of aryl methyl sites for hydroxylation is 1. The number of anilines is 2. The average molecular weight is 374 g/mol. The topological polar surface area (TPSA) is 67.4 Å². The third-order valence-corrected chi connectivity index (χ3v) is 4.14. The first-order valence-corrected chi connectivity index (χ1v) is 9.12. The zero-order valence-corrected chi connectivity index (χ0v) is 15.6. The zero-order valence-electron chi connectivity index (χ0n) is 15.6. The van der Waals surface area contributed by atoms with Crippen molar-refractivity contribution in [3.8, 4) is 5.75 Å². The van der Waals surface area contributed by atoms with Gasteiger partial charge in [0.2, 0.25) is 0 Å². The van der Waals surface area contributed by atoms with Gasteiger partial charge in [0.25, 0.3) is 11.8 Å². The van der Waals surface area contributed by atoms with Crippen LogP contribution >= 0.6 is 0 Å². The number of nitrogens with one attached hydrogen (secondary N) is 2. The van der Waals surface area contributed by atoms with E-state index in [2.05, 4.69) is 17.6 Å². The van der Waals surface area contributed by atoms with E-state index in [9.17, 15) is 9.59 Å². The summed E-state index contributed by atoms with van der Waals surface area (Å²) in [5.41, 5.74) is 2.92. The van der Waals surface area contributed by atoms with Crippen LogP contribution in [0.1, 0.15) is 22.8 Å². The van der Waals surface area contributed by atoms with Crippen LogP contribution in [0.15, 0.2) is 78.9 Å². The van der Waals surface area contributed by atoms with Gasteiger partial charge in [-0.05, 0) is 54.4 Å². The van der Waals surface area contributed by atoms with Gasteiger partial charge in [0.05, 0.1) is 0 Å². The lowest BCUT2D eigenvalue weighted by Crippen LogP contribution is -2.20. The lowest BCUT2D eigenvalue weighted by atomic mass is 10.2. The van der Waals surface area contributed by atoms with Crippen molar-refractivity contribution < 1.29 is 14.3 Å². The van der Waals surface area contributed by atoms with E-state index in [0.29, 0.717) is 22.7 Å². The normalized spacial score (nSPS) is 10.2. The number of carbonyl (C=O) groups is 2. The molecule has 3 aromatic carbocycles. The number of hydrogen-bond donors (Lipinski definition) is 2. The van der Waals surface area contributed by atoms with Crippen LogP contribution in [0.25, 0.3) is 0 Å². The van der Waals surface area contributed by atoms with Crippen LogP contribution in [0, 0.1) is 0 Å². The van der Waals surface area contributed by atoms with Crippen molar-refractivity contribution in [1.29, 1.82) is 0 Å². The number of hydrogen-bond acceptors (Lipinski definition) is 3. The summed E-state index contributed by atoms with van der Waals surface area (Å²) in [5, 5.41) is 5.57. The molecule has 0 aromatic heterocycles. The maximum absolute atomic E-state index is 12.4. The van der Waals surface area contributed by atoms with Crippen molar-refractivity contribution in [2.24, 2.45) is 0 Å². The van der Waals surface area contributed by atoms with Gasteiger partial charge in [-0.25, -0.2) is 0 Å². The Hall–Kier alpha value is -3.60. The molecule has 0 aliphatic heterocycles. The number of ether oxygens (including phenoxy) is 1. The summed E-state index contributed by atoms with van der Waals surface area (Å²) in [6.45, 7) is 1.98. The van der Waals surface area contributed by atoms with E-state index in [0.717, 1.165) is 6.42 Å². The Morgan fingerprint density at radius 2 is 1.54 bits per heavy atom. The Kier molecular flexibility index (Phi) is 6.41. The van der Waals surface area contributed by atoms with E-state index >= 15 is 0 Å². The largest absolute Gasteiger partial charge is 0.484 e. The molecule has 0 bridgehead atoms. The summed E-state index contributed by atoms with van der Waals surface area (Å²) >= 11 is 0. The minimum Gasteiger partial charge on any atom is -0.484 e. The van der Waals surface area contributed by atoms with E-state index < -0.39 is 0 Å². The number of carbonyl (C=O) groups excluding carboxylic acids is 2. The highest BCUT2D eigenvalue weighted by atomic mass is 16.5. The van der Waals surface area contributed by atoms with Gasteiger partial charge in [0.15, 0.2) is 6.61 Å². The summed E-state index contributed by atoms with van der Waals surface area (Å²) in [7, 11) is 0. The molecule has 0 aliphatic rings. The zero-order chi connectivity index (χ0) is 19.8. The molecule has 0 unspecified atom stereocenters. The van der Waals surface area contributed by atoms with Gasteiger partial charge < -0.3 is 15.4 Å². The smallest absolute Gasteiger partial charge is 0.262 e. The van der Waals surface area contributed by atoms with E-state index in [1.54, 1.807) is 24.3 Å². The van der Waals surface area contributed by atoms with E-state index in [-0.39, 0.29) is 18.4 Å². The van der Waals surface area contributed by atoms with E-state index in [1.807, 2.05) is 54.6 Å². The van der Waals surface area contributed by atoms with Crippen molar-refractivity contribution in [2.75, 3.05) is 17.2 Å². The first-order chi connectivity index (χ1) is 13.6. The maximum Gasteiger partial charge on any atom is 0.262 e. The summed E-state index contributed by atoms with van der Waals surface area (Å²) in [6.07, 6.45) is 0.953. The fourth-order valence-corrected chi connectivity index (χ4v) is 2.63. The second-order valence-electron chi connectivity index (χ2n) is 6.24. The van der Waals surface area contributed by atoms with Gasteiger partial charge in [-0.15, -0.1) is 0 Å². The molecule has 3 rings (SSSR count). The fraction of sp³-hybridized carbons (Fsp3) is 0.130. The molecule has 142 valence electrons. The predicted octanol–water partition coefficient (Wildman–Crippen LogP) is 4.52.